The zero-order valence-corrected chi connectivity index (χ0v) is 9.73. The molecule has 0 aliphatic heterocycles. The zero-order chi connectivity index (χ0) is 12.0. The lowest BCUT2D eigenvalue weighted by molar-refractivity contribution is -0.149. The Labute approximate surface area is 95.1 Å². The molecule has 0 amide bonds. The van der Waals surface area contributed by atoms with Crippen LogP contribution in [0.1, 0.15) is 24.2 Å². The Kier molecular flexibility index (Phi) is 4.95. The average Bonchev–Trinajstić information content (AvgIpc) is 2.29. The first kappa shape index (κ1) is 12.7. The third-order valence-corrected chi connectivity index (χ3v) is 2.12. The molecule has 1 aromatic rings. The van der Waals surface area contributed by atoms with E-state index in [1.807, 2.05) is 0 Å². The van der Waals surface area contributed by atoms with E-state index in [1.54, 1.807) is 38.3 Å². The van der Waals surface area contributed by atoms with Crippen molar-refractivity contribution in [3.63, 3.8) is 0 Å². The molecule has 0 spiro atoms. The molecule has 0 saturated heterocycles. The molecule has 0 aliphatic rings. The molecule has 0 bridgehead atoms. The van der Waals surface area contributed by atoms with Gasteiger partial charge in [0.2, 0.25) is 0 Å². The maximum atomic E-state index is 11.0. The van der Waals surface area contributed by atoms with Gasteiger partial charge in [0.05, 0.1) is 0 Å². The fraction of sp³-hybridized carbons (Fsp3) is 0.417. The molecule has 1 unspecified atom stereocenters. The molecule has 1 rings (SSSR count). The van der Waals surface area contributed by atoms with Gasteiger partial charge in [0, 0.05) is 12.7 Å². The van der Waals surface area contributed by atoms with Crippen molar-refractivity contribution in [2.75, 3.05) is 13.9 Å². The highest BCUT2D eigenvalue weighted by molar-refractivity contribution is 5.94. The van der Waals surface area contributed by atoms with Crippen LogP contribution in [0.3, 0.4) is 0 Å². The van der Waals surface area contributed by atoms with Gasteiger partial charge in [-0.3, -0.25) is 4.79 Å². The van der Waals surface area contributed by atoms with E-state index in [-0.39, 0.29) is 18.9 Å². The predicted octanol–water partition coefficient (Wildman–Crippen LogP) is 2.23. The summed E-state index contributed by atoms with van der Waals surface area (Å²) in [4.78, 5) is 11.0. The van der Waals surface area contributed by atoms with E-state index in [0.29, 0.717) is 11.3 Å². The number of hydrogen-bond acceptors (Lipinski definition) is 4. The monoisotopic (exact) mass is 224 g/mol. The van der Waals surface area contributed by atoms with Gasteiger partial charge in [-0.05, 0) is 38.1 Å². The number of methoxy groups -OCH3 is 1. The Hall–Kier alpha value is -1.39. The Morgan fingerprint density at radius 3 is 2.44 bits per heavy atom. The highest BCUT2D eigenvalue weighted by atomic mass is 16.7. The maximum absolute atomic E-state index is 11.0. The molecule has 1 aromatic carbocycles. The second-order valence-corrected chi connectivity index (χ2v) is 3.31. The van der Waals surface area contributed by atoms with E-state index in [9.17, 15) is 4.79 Å². The quantitative estimate of drug-likeness (QED) is 0.549. The molecule has 0 aliphatic carbocycles. The highest BCUT2D eigenvalue weighted by Gasteiger charge is 2.01. The smallest absolute Gasteiger partial charge is 0.191 e. The summed E-state index contributed by atoms with van der Waals surface area (Å²) in [6.07, 6.45) is -0.295. The van der Waals surface area contributed by atoms with E-state index in [4.69, 9.17) is 14.2 Å². The van der Waals surface area contributed by atoms with Crippen LogP contribution in [0.5, 0.6) is 5.75 Å². The minimum absolute atomic E-state index is 0.0378. The summed E-state index contributed by atoms with van der Waals surface area (Å²) in [5.41, 5.74) is 0.665. The SMILES string of the molecule is COC(C)OCOc1ccc(C(C)=O)cc1. The molecule has 4 nitrogen and oxygen atoms in total. The summed E-state index contributed by atoms with van der Waals surface area (Å²) < 4.78 is 15.4. The summed E-state index contributed by atoms with van der Waals surface area (Å²) in [5.74, 6) is 0.698. The van der Waals surface area contributed by atoms with Gasteiger partial charge in [-0.2, -0.15) is 0 Å². The molecule has 0 fully saturated rings. The van der Waals surface area contributed by atoms with Crippen molar-refractivity contribution in [3.05, 3.63) is 29.8 Å². The van der Waals surface area contributed by atoms with Crippen LogP contribution in [0.25, 0.3) is 0 Å². The second-order valence-electron chi connectivity index (χ2n) is 3.31. The van der Waals surface area contributed by atoms with E-state index < -0.39 is 0 Å². The summed E-state index contributed by atoms with van der Waals surface area (Å²) in [7, 11) is 1.56. The number of ketones is 1. The highest BCUT2D eigenvalue weighted by Crippen LogP contribution is 2.12. The lowest BCUT2D eigenvalue weighted by Gasteiger charge is -2.11. The van der Waals surface area contributed by atoms with E-state index in [2.05, 4.69) is 0 Å². The van der Waals surface area contributed by atoms with Crippen molar-refractivity contribution in [1.29, 1.82) is 0 Å². The van der Waals surface area contributed by atoms with Gasteiger partial charge < -0.3 is 14.2 Å². The van der Waals surface area contributed by atoms with Crippen molar-refractivity contribution in [3.8, 4) is 5.75 Å². The van der Waals surface area contributed by atoms with Crippen molar-refractivity contribution < 1.29 is 19.0 Å². The predicted molar refractivity (Wildman–Crippen MR) is 59.5 cm³/mol. The van der Waals surface area contributed by atoms with Crippen LogP contribution in [0.15, 0.2) is 24.3 Å². The number of carbonyl (C=O) groups excluding carboxylic acids is 1. The Morgan fingerprint density at radius 2 is 1.94 bits per heavy atom. The molecule has 16 heavy (non-hydrogen) atoms. The fourth-order valence-electron chi connectivity index (χ4n) is 1.05. The number of Topliss-reactive ketones (excluding diaryl/α,β-unsaturated/α-hetero) is 1. The Morgan fingerprint density at radius 1 is 1.31 bits per heavy atom. The molecule has 88 valence electrons. The normalized spacial score (nSPS) is 12.2. The van der Waals surface area contributed by atoms with Gasteiger partial charge in [-0.25, -0.2) is 0 Å². The molecule has 0 aromatic heterocycles. The van der Waals surface area contributed by atoms with Gasteiger partial charge in [0.25, 0.3) is 0 Å². The van der Waals surface area contributed by atoms with E-state index >= 15 is 0 Å². The number of benzene rings is 1. The van der Waals surface area contributed by atoms with Crippen LogP contribution < -0.4 is 4.74 Å². The summed E-state index contributed by atoms with van der Waals surface area (Å²) in [5, 5.41) is 0. The topological polar surface area (TPSA) is 44.8 Å². The Balaban J connectivity index is 2.40. The summed E-state index contributed by atoms with van der Waals surface area (Å²) in [6.45, 7) is 3.43. The van der Waals surface area contributed by atoms with Gasteiger partial charge in [0.15, 0.2) is 18.9 Å². The minimum atomic E-state index is -0.295. The molecular weight excluding hydrogens is 208 g/mol. The number of rotatable bonds is 6. The zero-order valence-electron chi connectivity index (χ0n) is 9.73. The lowest BCUT2D eigenvalue weighted by atomic mass is 10.1. The van der Waals surface area contributed by atoms with Crippen LogP contribution in [0, 0.1) is 0 Å². The first-order valence-corrected chi connectivity index (χ1v) is 5.01. The third kappa shape index (κ3) is 4.00. The van der Waals surface area contributed by atoms with Crippen molar-refractivity contribution in [2.45, 2.75) is 20.1 Å². The first-order chi connectivity index (χ1) is 7.63. The van der Waals surface area contributed by atoms with Crippen molar-refractivity contribution >= 4 is 5.78 Å². The lowest BCUT2D eigenvalue weighted by Crippen LogP contribution is -2.14. The van der Waals surface area contributed by atoms with Crippen LogP contribution in [0.2, 0.25) is 0 Å². The third-order valence-electron chi connectivity index (χ3n) is 2.12. The largest absolute Gasteiger partial charge is 0.467 e. The fourth-order valence-corrected chi connectivity index (χ4v) is 1.05. The standard InChI is InChI=1S/C12H16O4/c1-9(13)11-4-6-12(7-5-11)16-8-15-10(2)14-3/h4-7,10H,8H2,1-3H3. The summed E-state index contributed by atoms with van der Waals surface area (Å²) in [6, 6.07) is 6.91. The molecule has 0 heterocycles. The van der Waals surface area contributed by atoms with Crippen LogP contribution in [-0.4, -0.2) is 26.0 Å². The molecule has 0 saturated carbocycles. The van der Waals surface area contributed by atoms with Gasteiger partial charge >= 0.3 is 0 Å². The average molecular weight is 224 g/mol. The molecular formula is C12H16O4. The van der Waals surface area contributed by atoms with Crippen LogP contribution in [-0.2, 0) is 9.47 Å². The number of ether oxygens (including phenoxy) is 3. The van der Waals surface area contributed by atoms with Crippen LogP contribution >= 0.6 is 0 Å². The van der Waals surface area contributed by atoms with Gasteiger partial charge in [0.1, 0.15) is 5.75 Å². The van der Waals surface area contributed by atoms with Crippen molar-refractivity contribution in [1.82, 2.24) is 0 Å². The van der Waals surface area contributed by atoms with Gasteiger partial charge in [-0.1, -0.05) is 0 Å². The summed E-state index contributed by atoms with van der Waals surface area (Å²) >= 11 is 0. The minimum Gasteiger partial charge on any atom is -0.467 e. The molecule has 0 N–H and O–H groups in total. The Bertz CT molecular complexity index is 331. The van der Waals surface area contributed by atoms with E-state index in [1.165, 1.54) is 6.92 Å². The van der Waals surface area contributed by atoms with E-state index in [0.717, 1.165) is 0 Å². The number of carbonyl (C=O) groups is 1. The van der Waals surface area contributed by atoms with Crippen molar-refractivity contribution in [2.24, 2.45) is 0 Å². The van der Waals surface area contributed by atoms with Gasteiger partial charge in [-0.15, -0.1) is 0 Å². The number of hydrogen-bond donors (Lipinski definition) is 0. The maximum Gasteiger partial charge on any atom is 0.191 e. The molecule has 4 heteroatoms. The first-order valence-electron chi connectivity index (χ1n) is 5.01. The molecule has 0 radical (unpaired) electrons. The molecule has 1 atom stereocenters. The van der Waals surface area contributed by atoms with Crippen LogP contribution in [0.4, 0.5) is 0 Å². The second kappa shape index (κ2) is 6.25.